The molecule has 3 atom stereocenters. The van der Waals surface area contributed by atoms with Gasteiger partial charge in [-0.25, -0.2) is 0 Å². The van der Waals surface area contributed by atoms with Crippen LogP contribution in [-0.4, -0.2) is 5.11 Å². The summed E-state index contributed by atoms with van der Waals surface area (Å²) in [5, 5.41) is 10.6. The minimum atomic E-state index is -0.185. The molecular weight excluding hydrogens is 240 g/mol. The van der Waals surface area contributed by atoms with E-state index in [-0.39, 0.29) is 6.10 Å². The zero-order valence-corrected chi connectivity index (χ0v) is 12.1. The third-order valence-electron chi connectivity index (χ3n) is 4.90. The second-order valence-electron chi connectivity index (χ2n) is 6.10. The zero-order valence-electron chi connectivity index (χ0n) is 11.3. The van der Waals surface area contributed by atoms with Crippen molar-refractivity contribution in [3.05, 3.63) is 21.4 Å². The Kier molecular flexibility index (Phi) is 3.76. The topological polar surface area (TPSA) is 20.2 Å². The minimum Gasteiger partial charge on any atom is -0.387 e. The van der Waals surface area contributed by atoms with E-state index in [9.17, 15) is 5.11 Å². The van der Waals surface area contributed by atoms with Gasteiger partial charge in [0.25, 0.3) is 0 Å². The van der Waals surface area contributed by atoms with E-state index in [2.05, 4.69) is 13.0 Å². The van der Waals surface area contributed by atoms with E-state index in [1.54, 1.807) is 4.88 Å². The standard InChI is InChI=1S/C16H24OS/c1-2-11-5-3-7-13(9-11)16(17)15-10-12-6-4-8-14(12)18-15/h10-11,13,16-17H,2-9H2,1H3. The molecule has 0 aliphatic heterocycles. The zero-order chi connectivity index (χ0) is 12.5. The van der Waals surface area contributed by atoms with Gasteiger partial charge in [0.15, 0.2) is 0 Å². The molecule has 1 saturated carbocycles. The molecule has 0 bridgehead atoms. The Morgan fingerprint density at radius 2 is 2.22 bits per heavy atom. The lowest BCUT2D eigenvalue weighted by molar-refractivity contribution is 0.0705. The fourth-order valence-electron chi connectivity index (χ4n) is 3.72. The van der Waals surface area contributed by atoms with Crippen LogP contribution in [0.2, 0.25) is 0 Å². The van der Waals surface area contributed by atoms with Gasteiger partial charge in [-0.1, -0.05) is 26.2 Å². The molecule has 1 fully saturated rings. The number of hydrogen-bond donors (Lipinski definition) is 1. The molecule has 100 valence electrons. The summed E-state index contributed by atoms with van der Waals surface area (Å²) in [5.41, 5.74) is 1.52. The maximum Gasteiger partial charge on any atom is 0.0910 e. The first-order valence-corrected chi connectivity index (χ1v) is 8.39. The molecule has 2 aliphatic carbocycles. The molecule has 0 spiro atoms. The quantitative estimate of drug-likeness (QED) is 0.853. The van der Waals surface area contributed by atoms with Crippen LogP contribution in [0.1, 0.15) is 66.9 Å². The summed E-state index contributed by atoms with van der Waals surface area (Å²) in [4.78, 5) is 2.80. The Balaban J connectivity index is 1.71. The molecule has 0 radical (unpaired) electrons. The first-order valence-electron chi connectivity index (χ1n) is 7.57. The molecule has 1 aromatic heterocycles. The van der Waals surface area contributed by atoms with Crippen LogP contribution in [0.5, 0.6) is 0 Å². The molecule has 3 unspecified atom stereocenters. The van der Waals surface area contributed by atoms with Crippen LogP contribution in [0.15, 0.2) is 6.07 Å². The fourth-order valence-corrected chi connectivity index (χ4v) is 5.06. The van der Waals surface area contributed by atoms with E-state index in [1.807, 2.05) is 11.3 Å². The lowest BCUT2D eigenvalue weighted by Gasteiger charge is -2.31. The summed E-state index contributed by atoms with van der Waals surface area (Å²) in [6.45, 7) is 2.29. The number of rotatable bonds is 3. The molecule has 0 aromatic carbocycles. The largest absolute Gasteiger partial charge is 0.387 e. The fraction of sp³-hybridized carbons (Fsp3) is 0.750. The molecule has 0 amide bonds. The van der Waals surface area contributed by atoms with Crippen molar-refractivity contribution in [3.8, 4) is 0 Å². The monoisotopic (exact) mass is 264 g/mol. The summed E-state index contributed by atoms with van der Waals surface area (Å²) in [6, 6.07) is 2.30. The van der Waals surface area contributed by atoms with Crippen LogP contribution in [0, 0.1) is 11.8 Å². The second kappa shape index (κ2) is 5.34. The highest BCUT2D eigenvalue weighted by Gasteiger charge is 2.29. The SMILES string of the molecule is CCC1CCCC(C(O)c2cc3c(s2)CCC3)C1. The van der Waals surface area contributed by atoms with Gasteiger partial charge in [0.05, 0.1) is 6.10 Å². The molecular formula is C16H24OS. The van der Waals surface area contributed by atoms with Gasteiger partial charge in [0, 0.05) is 9.75 Å². The van der Waals surface area contributed by atoms with E-state index in [4.69, 9.17) is 0 Å². The first kappa shape index (κ1) is 12.7. The van der Waals surface area contributed by atoms with Gasteiger partial charge >= 0.3 is 0 Å². The summed E-state index contributed by atoms with van der Waals surface area (Å²) in [6.07, 6.45) is 10.0. The van der Waals surface area contributed by atoms with Gasteiger partial charge in [-0.2, -0.15) is 0 Å². The molecule has 1 aromatic rings. The molecule has 2 heteroatoms. The van der Waals surface area contributed by atoms with E-state index in [0.717, 1.165) is 5.92 Å². The predicted molar refractivity (Wildman–Crippen MR) is 77.0 cm³/mol. The average Bonchev–Trinajstić information content (AvgIpc) is 2.98. The summed E-state index contributed by atoms with van der Waals surface area (Å²) >= 11 is 1.88. The first-order chi connectivity index (χ1) is 8.78. The Hall–Kier alpha value is -0.340. The van der Waals surface area contributed by atoms with Crippen molar-refractivity contribution in [2.75, 3.05) is 0 Å². The normalized spacial score (nSPS) is 29.2. The van der Waals surface area contributed by atoms with Gasteiger partial charge in [-0.15, -0.1) is 11.3 Å². The smallest absolute Gasteiger partial charge is 0.0910 e. The maximum absolute atomic E-state index is 10.6. The number of aryl methyl sites for hydroxylation is 2. The van der Waals surface area contributed by atoms with Gasteiger partial charge in [0.1, 0.15) is 0 Å². The Morgan fingerprint density at radius 1 is 1.33 bits per heavy atom. The lowest BCUT2D eigenvalue weighted by atomic mass is 9.77. The second-order valence-corrected chi connectivity index (χ2v) is 7.26. The number of fused-ring (bicyclic) bond motifs is 1. The molecule has 1 nitrogen and oxygen atoms in total. The number of aliphatic hydroxyl groups is 1. The minimum absolute atomic E-state index is 0.185. The van der Waals surface area contributed by atoms with E-state index >= 15 is 0 Å². The Labute approximate surface area is 114 Å². The van der Waals surface area contributed by atoms with Crippen molar-refractivity contribution in [1.82, 2.24) is 0 Å². The van der Waals surface area contributed by atoms with Crippen molar-refractivity contribution >= 4 is 11.3 Å². The number of thiophene rings is 1. The lowest BCUT2D eigenvalue weighted by Crippen LogP contribution is -2.20. The highest BCUT2D eigenvalue weighted by molar-refractivity contribution is 7.12. The molecule has 2 aliphatic rings. The summed E-state index contributed by atoms with van der Waals surface area (Å²) in [5.74, 6) is 1.37. The van der Waals surface area contributed by atoms with Gasteiger partial charge in [-0.3, -0.25) is 0 Å². The van der Waals surface area contributed by atoms with Crippen LogP contribution in [0.4, 0.5) is 0 Å². The van der Waals surface area contributed by atoms with Crippen LogP contribution in [0.25, 0.3) is 0 Å². The van der Waals surface area contributed by atoms with Crippen LogP contribution >= 0.6 is 11.3 Å². The average molecular weight is 264 g/mol. The highest BCUT2D eigenvalue weighted by Crippen LogP contribution is 2.42. The van der Waals surface area contributed by atoms with E-state index in [1.165, 1.54) is 61.8 Å². The Bertz CT molecular complexity index is 388. The van der Waals surface area contributed by atoms with E-state index in [0.29, 0.717) is 5.92 Å². The summed E-state index contributed by atoms with van der Waals surface area (Å²) < 4.78 is 0. The van der Waals surface area contributed by atoms with Crippen molar-refractivity contribution in [2.45, 2.75) is 64.4 Å². The van der Waals surface area contributed by atoms with Crippen molar-refractivity contribution < 1.29 is 5.11 Å². The molecule has 18 heavy (non-hydrogen) atoms. The predicted octanol–water partition coefficient (Wildman–Crippen LogP) is 4.49. The van der Waals surface area contributed by atoms with Crippen molar-refractivity contribution in [3.63, 3.8) is 0 Å². The number of aliphatic hydroxyl groups excluding tert-OH is 1. The van der Waals surface area contributed by atoms with Gasteiger partial charge in [-0.05, 0) is 55.6 Å². The van der Waals surface area contributed by atoms with E-state index < -0.39 is 0 Å². The number of hydrogen-bond acceptors (Lipinski definition) is 2. The Morgan fingerprint density at radius 3 is 3.00 bits per heavy atom. The van der Waals surface area contributed by atoms with Gasteiger partial charge < -0.3 is 5.11 Å². The maximum atomic E-state index is 10.6. The third-order valence-corrected chi connectivity index (χ3v) is 6.21. The van der Waals surface area contributed by atoms with Crippen LogP contribution in [-0.2, 0) is 12.8 Å². The van der Waals surface area contributed by atoms with Crippen LogP contribution < -0.4 is 0 Å². The molecule has 0 saturated heterocycles. The summed E-state index contributed by atoms with van der Waals surface area (Å²) in [7, 11) is 0. The van der Waals surface area contributed by atoms with Crippen molar-refractivity contribution in [2.24, 2.45) is 11.8 Å². The molecule has 1 N–H and O–H groups in total. The third kappa shape index (κ3) is 2.37. The van der Waals surface area contributed by atoms with Crippen LogP contribution in [0.3, 0.4) is 0 Å². The molecule has 1 heterocycles. The molecule has 3 rings (SSSR count). The van der Waals surface area contributed by atoms with Gasteiger partial charge in [0.2, 0.25) is 0 Å². The van der Waals surface area contributed by atoms with Crippen molar-refractivity contribution in [1.29, 1.82) is 0 Å². The highest BCUT2D eigenvalue weighted by atomic mass is 32.1.